The lowest BCUT2D eigenvalue weighted by atomic mass is 9.80. The zero-order chi connectivity index (χ0) is 13.1. The third-order valence-corrected chi connectivity index (χ3v) is 3.75. The van der Waals surface area contributed by atoms with Gasteiger partial charge in [0.15, 0.2) is 0 Å². The average Bonchev–Trinajstić information content (AvgIpc) is 2.40. The smallest absolute Gasteiger partial charge is 0.309 e. The van der Waals surface area contributed by atoms with Crippen molar-refractivity contribution in [3.63, 3.8) is 0 Å². The number of rotatable bonds is 3. The number of carbonyl (C=O) groups is 1. The van der Waals surface area contributed by atoms with Crippen LogP contribution in [0.2, 0.25) is 0 Å². The lowest BCUT2D eigenvalue weighted by Crippen LogP contribution is -2.24. The van der Waals surface area contributed by atoms with Crippen LogP contribution < -0.4 is 0 Å². The van der Waals surface area contributed by atoms with Crippen LogP contribution in [0.4, 0.5) is 0 Å². The van der Waals surface area contributed by atoms with Crippen LogP contribution in [-0.4, -0.2) is 18.2 Å². The SMILES string of the molecule is CCCc1c(O)ccc2c1CC(C(=O)OC)CC2. The number of methoxy groups -OCH3 is 1. The van der Waals surface area contributed by atoms with Crippen molar-refractivity contribution in [1.82, 2.24) is 0 Å². The van der Waals surface area contributed by atoms with E-state index in [1.165, 1.54) is 18.2 Å². The molecule has 0 amide bonds. The summed E-state index contributed by atoms with van der Waals surface area (Å²) in [5, 5.41) is 9.96. The van der Waals surface area contributed by atoms with Gasteiger partial charge in [-0.05, 0) is 48.4 Å². The van der Waals surface area contributed by atoms with E-state index in [1.807, 2.05) is 6.07 Å². The van der Waals surface area contributed by atoms with E-state index in [-0.39, 0.29) is 11.9 Å². The van der Waals surface area contributed by atoms with E-state index in [0.717, 1.165) is 31.2 Å². The van der Waals surface area contributed by atoms with Crippen LogP contribution in [0.15, 0.2) is 12.1 Å². The van der Waals surface area contributed by atoms with Crippen molar-refractivity contribution in [3.05, 3.63) is 28.8 Å². The summed E-state index contributed by atoms with van der Waals surface area (Å²) in [6, 6.07) is 3.76. The molecule has 0 spiro atoms. The molecule has 1 aromatic carbocycles. The summed E-state index contributed by atoms with van der Waals surface area (Å²) in [5.74, 6) is 0.174. The summed E-state index contributed by atoms with van der Waals surface area (Å²) in [6.07, 6.45) is 4.30. The monoisotopic (exact) mass is 248 g/mol. The molecule has 1 atom stereocenters. The number of hydrogen-bond acceptors (Lipinski definition) is 3. The fourth-order valence-electron chi connectivity index (χ4n) is 2.79. The van der Waals surface area contributed by atoms with E-state index in [2.05, 4.69) is 6.92 Å². The topological polar surface area (TPSA) is 46.5 Å². The van der Waals surface area contributed by atoms with Gasteiger partial charge in [0.05, 0.1) is 13.0 Å². The van der Waals surface area contributed by atoms with Gasteiger partial charge in [0.25, 0.3) is 0 Å². The fraction of sp³-hybridized carbons (Fsp3) is 0.533. The van der Waals surface area contributed by atoms with E-state index in [9.17, 15) is 9.90 Å². The van der Waals surface area contributed by atoms with Crippen LogP contribution in [0, 0.1) is 5.92 Å². The Labute approximate surface area is 108 Å². The number of esters is 1. The Kier molecular flexibility index (Phi) is 3.90. The molecule has 1 aliphatic carbocycles. The number of fused-ring (bicyclic) bond motifs is 1. The number of aryl methyl sites for hydroxylation is 1. The summed E-state index contributed by atoms with van der Waals surface area (Å²) in [5.41, 5.74) is 3.46. The Hall–Kier alpha value is -1.51. The van der Waals surface area contributed by atoms with E-state index in [0.29, 0.717) is 12.2 Å². The fourth-order valence-corrected chi connectivity index (χ4v) is 2.79. The second-order valence-corrected chi connectivity index (χ2v) is 4.91. The van der Waals surface area contributed by atoms with Gasteiger partial charge in [-0.1, -0.05) is 19.4 Å². The molecule has 1 aliphatic rings. The molecule has 3 nitrogen and oxygen atoms in total. The minimum atomic E-state index is -0.133. The summed E-state index contributed by atoms with van der Waals surface area (Å²) in [7, 11) is 1.44. The Morgan fingerprint density at radius 3 is 2.94 bits per heavy atom. The molecule has 0 aliphatic heterocycles. The first-order valence-electron chi connectivity index (χ1n) is 6.57. The highest BCUT2D eigenvalue weighted by Gasteiger charge is 2.27. The van der Waals surface area contributed by atoms with Crippen molar-refractivity contribution >= 4 is 5.97 Å². The molecule has 18 heavy (non-hydrogen) atoms. The third kappa shape index (κ3) is 2.35. The Balaban J connectivity index is 2.33. The van der Waals surface area contributed by atoms with Gasteiger partial charge in [0, 0.05) is 0 Å². The maximum absolute atomic E-state index is 11.6. The Morgan fingerprint density at radius 2 is 2.28 bits per heavy atom. The predicted octanol–water partition coefficient (Wildman–Crippen LogP) is 2.62. The van der Waals surface area contributed by atoms with Crippen molar-refractivity contribution in [2.24, 2.45) is 5.92 Å². The maximum Gasteiger partial charge on any atom is 0.309 e. The molecule has 0 bridgehead atoms. The zero-order valence-electron chi connectivity index (χ0n) is 11.0. The Bertz CT molecular complexity index is 451. The number of aromatic hydroxyl groups is 1. The van der Waals surface area contributed by atoms with Crippen molar-refractivity contribution in [2.75, 3.05) is 7.11 Å². The number of phenolic OH excluding ortho intramolecular Hbond substituents is 1. The first-order chi connectivity index (χ1) is 8.67. The highest BCUT2D eigenvalue weighted by Crippen LogP contribution is 2.34. The normalized spacial score (nSPS) is 18.2. The Morgan fingerprint density at radius 1 is 1.50 bits per heavy atom. The molecule has 0 fully saturated rings. The average molecular weight is 248 g/mol. The number of carbonyl (C=O) groups excluding carboxylic acids is 1. The first-order valence-corrected chi connectivity index (χ1v) is 6.57. The highest BCUT2D eigenvalue weighted by atomic mass is 16.5. The molecule has 1 N–H and O–H groups in total. The third-order valence-electron chi connectivity index (χ3n) is 3.75. The molecule has 98 valence electrons. The van der Waals surface area contributed by atoms with Crippen molar-refractivity contribution in [3.8, 4) is 5.75 Å². The van der Waals surface area contributed by atoms with Gasteiger partial charge in [0.2, 0.25) is 0 Å². The molecule has 1 unspecified atom stereocenters. The summed E-state index contributed by atoms with van der Waals surface area (Å²) in [6.45, 7) is 2.10. The van der Waals surface area contributed by atoms with Crippen LogP contribution in [0.5, 0.6) is 5.75 Å². The van der Waals surface area contributed by atoms with E-state index in [4.69, 9.17) is 4.74 Å². The van der Waals surface area contributed by atoms with Gasteiger partial charge in [-0.3, -0.25) is 4.79 Å². The lowest BCUT2D eigenvalue weighted by molar-refractivity contribution is -0.145. The molecular weight excluding hydrogens is 228 g/mol. The molecule has 0 saturated carbocycles. The highest BCUT2D eigenvalue weighted by molar-refractivity contribution is 5.73. The first kappa shape index (κ1) is 12.9. The minimum absolute atomic E-state index is 0.0556. The molecule has 1 aromatic rings. The molecule has 2 rings (SSSR count). The van der Waals surface area contributed by atoms with Gasteiger partial charge in [-0.15, -0.1) is 0 Å². The largest absolute Gasteiger partial charge is 0.508 e. The van der Waals surface area contributed by atoms with E-state index < -0.39 is 0 Å². The number of hydrogen-bond donors (Lipinski definition) is 1. The molecule has 0 saturated heterocycles. The number of benzene rings is 1. The van der Waals surface area contributed by atoms with Gasteiger partial charge < -0.3 is 9.84 Å². The van der Waals surface area contributed by atoms with Crippen LogP contribution in [0.25, 0.3) is 0 Å². The summed E-state index contributed by atoms with van der Waals surface area (Å²) >= 11 is 0. The van der Waals surface area contributed by atoms with Crippen LogP contribution in [0.3, 0.4) is 0 Å². The van der Waals surface area contributed by atoms with E-state index >= 15 is 0 Å². The van der Waals surface area contributed by atoms with Gasteiger partial charge >= 0.3 is 5.97 Å². The lowest BCUT2D eigenvalue weighted by Gasteiger charge is -2.25. The van der Waals surface area contributed by atoms with Crippen molar-refractivity contribution in [2.45, 2.75) is 39.0 Å². The summed E-state index contributed by atoms with van der Waals surface area (Å²) < 4.78 is 4.83. The molecule has 0 aromatic heterocycles. The quantitative estimate of drug-likeness (QED) is 0.836. The van der Waals surface area contributed by atoms with Gasteiger partial charge in [-0.2, -0.15) is 0 Å². The molecule has 0 radical (unpaired) electrons. The molecule has 0 heterocycles. The number of phenols is 1. The zero-order valence-corrected chi connectivity index (χ0v) is 11.0. The van der Waals surface area contributed by atoms with Crippen molar-refractivity contribution < 1.29 is 14.6 Å². The predicted molar refractivity (Wildman–Crippen MR) is 69.6 cm³/mol. The van der Waals surface area contributed by atoms with Gasteiger partial charge in [0.1, 0.15) is 5.75 Å². The van der Waals surface area contributed by atoms with Crippen LogP contribution in [0.1, 0.15) is 36.5 Å². The maximum atomic E-state index is 11.6. The second-order valence-electron chi connectivity index (χ2n) is 4.91. The minimum Gasteiger partial charge on any atom is -0.508 e. The summed E-state index contributed by atoms with van der Waals surface area (Å²) in [4.78, 5) is 11.6. The second kappa shape index (κ2) is 5.42. The van der Waals surface area contributed by atoms with Gasteiger partial charge in [-0.25, -0.2) is 0 Å². The molecule has 3 heteroatoms. The standard InChI is InChI=1S/C15H20O3/c1-3-4-12-13-9-11(15(17)18-2)6-5-10(13)7-8-14(12)16/h7-8,11,16H,3-6,9H2,1-2H3. The van der Waals surface area contributed by atoms with E-state index in [1.54, 1.807) is 6.07 Å². The van der Waals surface area contributed by atoms with Crippen molar-refractivity contribution in [1.29, 1.82) is 0 Å². The molecular formula is C15H20O3. The number of ether oxygens (including phenoxy) is 1. The van der Waals surface area contributed by atoms with Crippen LogP contribution >= 0.6 is 0 Å². The van der Waals surface area contributed by atoms with Crippen LogP contribution in [-0.2, 0) is 28.8 Å².